The molecule has 0 atom stereocenters. The zero-order valence-electron chi connectivity index (χ0n) is 10.5. The molecule has 0 saturated heterocycles. The third kappa shape index (κ3) is 4.60. The van der Waals surface area contributed by atoms with Gasteiger partial charge in [-0.3, -0.25) is 4.79 Å². The van der Waals surface area contributed by atoms with Crippen molar-refractivity contribution in [2.45, 2.75) is 6.42 Å². The predicted molar refractivity (Wildman–Crippen MR) is 80.9 cm³/mol. The maximum absolute atomic E-state index is 11.6. The highest BCUT2D eigenvalue weighted by atomic mass is 32.1. The van der Waals surface area contributed by atoms with Crippen LogP contribution in [0, 0.1) is 0 Å². The largest absolute Gasteiger partial charge is 0.399 e. The second kappa shape index (κ2) is 6.75. The molecule has 98 valence electrons. The normalized spacial score (nSPS) is 10.7. The van der Waals surface area contributed by atoms with Gasteiger partial charge in [-0.2, -0.15) is 0 Å². The van der Waals surface area contributed by atoms with Crippen LogP contribution in [0.3, 0.4) is 0 Å². The molecule has 1 aromatic heterocycles. The van der Waals surface area contributed by atoms with Crippen LogP contribution in [0.2, 0.25) is 0 Å². The number of carbonyl (C=O) groups excluding carboxylic acids is 1. The molecular weight excluding hydrogens is 256 g/mol. The van der Waals surface area contributed by atoms with Crippen LogP contribution >= 0.6 is 11.3 Å². The van der Waals surface area contributed by atoms with Crippen molar-refractivity contribution in [3.05, 3.63) is 58.3 Å². The predicted octanol–water partition coefficient (Wildman–Crippen LogP) is 2.70. The molecule has 0 radical (unpaired) electrons. The number of thiophene rings is 1. The van der Waals surface area contributed by atoms with Gasteiger partial charge in [0.2, 0.25) is 5.91 Å². The van der Waals surface area contributed by atoms with Crippen molar-refractivity contribution in [3.63, 3.8) is 0 Å². The third-order valence-corrected chi connectivity index (χ3v) is 3.55. The van der Waals surface area contributed by atoms with Gasteiger partial charge < -0.3 is 11.1 Å². The third-order valence-electron chi connectivity index (χ3n) is 2.61. The quantitative estimate of drug-likeness (QED) is 0.649. The van der Waals surface area contributed by atoms with Crippen molar-refractivity contribution in [2.75, 3.05) is 12.3 Å². The Morgan fingerprint density at radius 3 is 2.74 bits per heavy atom. The van der Waals surface area contributed by atoms with Crippen LogP contribution in [0.1, 0.15) is 10.4 Å². The summed E-state index contributed by atoms with van der Waals surface area (Å²) < 4.78 is 0. The van der Waals surface area contributed by atoms with Crippen LogP contribution in [0.5, 0.6) is 0 Å². The Labute approximate surface area is 116 Å². The minimum Gasteiger partial charge on any atom is -0.399 e. The van der Waals surface area contributed by atoms with Gasteiger partial charge >= 0.3 is 0 Å². The highest BCUT2D eigenvalue weighted by molar-refractivity contribution is 7.09. The number of nitrogens with one attached hydrogen (secondary N) is 1. The summed E-state index contributed by atoms with van der Waals surface area (Å²) in [5, 5.41) is 4.90. The Morgan fingerprint density at radius 1 is 1.26 bits per heavy atom. The second-order valence-corrected chi connectivity index (χ2v) is 5.15. The van der Waals surface area contributed by atoms with Crippen molar-refractivity contribution in [1.82, 2.24) is 5.32 Å². The molecule has 2 rings (SSSR count). The molecule has 1 aromatic carbocycles. The maximum atomic E-state index is 11.6. The Bertz CT molecular complexity index is 544. The van der Waals surface area contributed by atoms with Crippen LogP contribution in [0.4, 0.5) is 5.69 Å². The number of hydrogen-bond acceptors (Lipinski definition) is 3. The number of carbonyl (C=O) groups is 1. The number of anilines is 1. The van der Waals surface area contributed by atoms with Crippen LogP contribution < -0.4 is 11.1 Å². The molecule has 0 spiro atoms. The van der Waals surface area contributed by atoms with Gasteiger partial charge in [0.25, 0.3) is 0 Å². The van der Waals surface area contributed by atoms with E-state index in [4.69, 9.17) is 5.73 Å². The lowest BCUT2D eigenvalue weighted by Crippen LogP contribution is -2.23. The average Bonchev–Trinajstić information content (AvgIpc) is 2.91. The molecule has 3 N–H and O–H groups in total. The summed E-state index contributed by atoms with van der Waals surface area (Å²) in [7, 11) is 0. The fourth-order valence-corrected chi connectivity index (χ4v) is 2.31. The molecule has 2 aromatic rings. The van der Waals surface area contributed by atoms with E-state index in [0.29, 0.717) is 6.54 Å². The van der Waals surface area contributed by atoms with E-state index in [2.05, 4.69) is 11.4 Å². The molecule has 19 heavy (non-hydrogen) atoms. The van der Waals surface area contributed by atoms with Gasteiger partial charge in [0.15, 0.2) is 0 Å². The zero-order chi connectivity index (χ0) is 13.5. The Morgan fingerprint density at radius 2 is 2.05 bits per heavy atom. The number of hydrogen-bond donors (Lipinski definition) is 2. The van der Waals surface area contributed by atoms with E-state index < -0.39 is 0 Å². The zero-order valence-corrected chi connectivity index (χ0v) is 11.3. The van der Waals surface area contributed by atoms with E-state index in [0.717, 1.165) is 17.7 Å². The molecule has 0 bridgehead atoms. The van der Waals surface area contributed by atoms with Crippen molar-refractivity contribution >= 4 is 29.0 Å². The molecule has 0 aliphatic carbocycles. The number of benzene rings is 1. The topological polar surface area (TPSA) is 55.1 Å². The smallest absolute Gasteiger partial charge is 0.244 e. The van der Waals surface area contributed by atoms with Crippen molar-refractivity contribution in [2.24, 2.45) is 0 Å². The highest BCUT2D eigenvalue weighted by Gasteiger charge is 1.97. The molecular formula is C15H16N2OS. The molecule has 0 saturated carbocycles. The SMILES string of the molecule is Nc1ccc(/C=C/C(=O)NCCc2cccs2)cc1. The van der Waals surface area contributed by atoms with E-state index in [1.54, 1.807) is 23.5 Å². The molecule has 0 unspecified atom stereocenters. The van der Waals surface area contributed by atoms with E-state index in [9.17, 15) is 4.79 Å². The van der Waals surface area contributed by atoms with Crippen LogP contribution in [-0.4, -0.2) is 12.5 Å². The van der Waals surface area contributed by atoms with E-state index in [1.165, 1.54) is 4.88 Å². The molecule has 0 fully saturated rings. The van der Waals surface area contributed by atoms with Gasteiger partial charge in [-0.1, -0.05) is 18.2 Å². The summed E-state index contributed by atoms with van der Waals surface area (Å²) in [5.74, 6) is -0.0756. The van der Waals surface area contributed by atoms with Gasteiger partial charge in [-0.15, -0.1) is 11.3 Å². The monoisotopic (exact) mass is 272 g/mol. The summed E-state index contributed by atoms with van der Waals surface area (Å²) in [6, 6.07) is 11.5. The van der Waals surface area contributed by atoms with E-state index in [1.807, 2.05) is 35.7 Å². The van der Waals surface area contributed by atoms with E-state index >= 15 is 0 Å². The number of rotatable bonds is 5. The van der Waals surface area contributed by atoms with Crippen LogP contribution in [0.25, 0.3) is 6.08 Å². The molecule has 0 aliphatic heterocycles. The molecule has 4 heteroatoms. The molecule has 1 amide bonds. The maximum Gasteiger partial charge on any atom is 0.244 e. The molecule has 3 nitrogen and oxygen atoms in total. The van der Waals surface area contributed by atoms with Gasteiger partial charge in [-0.05, 0) is 41.6 Å². The average molecular weight is 272 g/mol. The minimum atomic E-state index is -0.0756. The fraction of sp³-hybridized carbons (Fsp3) is 0.133. The van der Waals surface area contributed by atoms with Gasteiger partial charge in [0.05, 0.1) is 0 Å². The first-order chi connectivity index (χ1) is 9.24. The van der Waals surface area contributed by atoms with Crippen LogP contribution in [0.15, 0.2) is 47.9 Å². The first kappa shape index (κ1) is 13.4. The summed E-state index contributed by atoms with van der Waals surface area (Å²) in [4.78, 5) is 12.9. The van der Waals surface area contributed by atoms with Gasteiger partial charge in [-0.25, -0.2) is 0 Å². The van der Waals surface area contributed by atoms with Gasteiger partial charge in [0, 0.05) is 23.2 Å². The number of nitrogens with two attached hydrogens (primary N) is 1. The minimum absolute atomic E-state index is 0.0756. The second-order valence-electron chi connectivity index (χ2n) is 4.12. The Hall–Kier alpha value is -2.07. The summed E-state index contributed by atoms with van der Waals surface area (Å²) in [5.41, 5.74) is 7.27. The summed E-state index contributed by atoms with van der Waals surface area (Å²) in [6.07, 6.45) is 4.19. The van der Waals surface area contributed by atoms with Crippen molar-refractivity contribution < 1.29 is 4.79 Å². The van der Waals surface area contributed by atoms with Crippen molar-refractivity contribution in [1.29, 1.82) is 0 Å². The number of amides is 1. The van der Waals surface area contributed by atoms with Gasteiger partial charge in [0.1, 0.15) is 0 Å². The Balaban J connectivity index is 1.76. The standard InChI is InChI=1S/C15H16N2OS/c16-13-6-3-12(4-7-13)5-8-15(18)17-10-9-14-2-1-11-19-14/h1-8,11H,9-10,16H2,(H,17,18)/b8-5+. The van der Waals surface area contributed by atoms with E-state index in [-0.39, 0.29) is 5.91 Å². The lowest BCUT2D eigenvalue weighted by molar-refractivity contribution is -0.116. The Kier molecular flexibility index (Phi) is 4.75. The highest BCUT2D eigenvalue weighted by Crippen LogP contribution is 2.08. The lowest BCUT2D eigenvalue weighted by Gasteiger charge is -2.00. The first-order valence-corrected chi connectivity index (χ1v) is 6.96. The molecule has 0 aliphatic rings. The lowest BCUT2D eigenvalue weighted by atomic mass is 10.2. The first-order valence-electron chi connectivity index (χ1n) is 6.08. The summed E-state index contributed by atoms with van der Waals surface area (Å²) >= 11 is 1.70. The fourth-order valence-electron chi connectivity index (χ4n) is 1.60. The number of nitrogen functional groups attached to an aromatic ring is 1. The summed E-state index contributed by atoms with van der Waals surface area (Å²) in [6.45, 7) is 0.658. The van der Waals surface area contributed by atoms with Crippen LogP contribution in [-0.2, 0) is 11.2 Å². The van der Waals surface area contributed by atoms with Crippen molar-refractivity contribution in [3.8, 4) is 0 Å². The molecule has 1 heterocycles.